The number of rotatable bonds is 7. The Bertz CT molecular complexity index is 889. The van der Waals surface area contributed by atoms with Crippen molar-refractivity contribution in [2.75, 3.05) is 24.3 Å². The monoisotopic (exact) mass is 388 g/mol. The number of aromatic nitrogens is 2. The summed E-state index contributed by atoms with van der Waals surface area (Å²) < 4.78 is 5.24. The minimum atomic E-state index is 0.445. The third kappa shape index (κ3) is 5.00. The minimum Gasteiger partial charge on any atom is -0.497 e. The van der Waals surface area contributed by atoms with Crippen LogP contribution < -0.4 is 15.4 Å². The van der Waals surface area contributed by atoms with Crippen LogP contribution >= 0.6 is 23.2 Å². The van der Waals surface area contributed by atoms with Crippen LogP contribution in [0.1, 0.15) is 5.56 Å². The Hall–Kier alpha value is -2.50. The lowest BCUT2D eigenvalue weighted by molar-refractivity contribution is 0.414. The Morgan fingerprint density at radius 1 is 1.08 bits per heavy atom. The highest BCUT2D eigenvalue weighted by Gasteiger charge is 2.05. The molecule has 0 spiro atoms. The maximum Gasteiger partial charge on any atom is 0.229 e. The first-order valence-corrected chi connectivity index (χ1v) is 8.81. The minimum absolute atomic E-state index is 0.445. The average Bonchev–Trinajstić information content (AvgIpc) is 2.65. The van der Waals surface area contributed by atoms with Crippen molar-refractivity contribution in [3.05, 3.63) is 70.3 Å². The fourth-order valence-electron chi connectivity index (χ4n) is 2.39. The molecule has 134 valence electrons. The van der Waals surface area contributed by atoms with E-state index in [0.29, 0.717) is 21.7 Å². The van der Waals surface area contributed by atoms with Crippen LogP contribution in [0, 0.1) is 0 Å². The van der Waals surface area contributed by atoms with E-state index in [2.05, 4.69) is 26.7 Å². The van der Waals surface area contributed by atoms with Gasteiger partial charge in [-0.05, 0) is 48.4 Å². The van der Waals surface area contributed by atoms with E-state index >= 15 is 0 Å². The van der Waals surface area contributed by atoms with E-state index in [9.17, 15) is 0 Å². The van der Waals surface area contributed by atoms with Crippen molar-refractivity contribution in [1.82, 2.24) is 9.97 Å². The van der Waals surface area contributed by atoms with E-state index in [1.807, 2.05) is 24.3 Å². The highest BCUT2D eigenvalue weighted by molar-refractivity contribution is 6.35. The molecule has 1 aromatic heterocycles. The van der Waals surface area contributed by atoms with E-state index in [-0.39, 0.29) is 0 Å². The standard InChI is InChI=1S/C19H18Cl2N4O/c1-26-15-4-2-3-13(11-15)7-9-22-18-8-10-23-19(25-18)24-17-12-14(20)5-6-16(17)21/h2-6,8,10-12H,7,9H2,1H3,(H2,22,23,24,25). The molecule has 3 aromatic rings. The fourth-order valence-corrected chi connectivity index (χ4v) is 2.73. The zero-order valence-electron chi connectivity index (χ0n) is 14.2. The first-order valence-electron chi connectivity index (χ1n) is 8.06. The van der Waals surface area contributed by atoms with Crippen LogP contribution in [0.4, 0.5) is 17.5 Å². The van der Waals surface area contributed by atoms with Gasteiger partial charge in [0, 0.05) is 17.8 Å². The van der Waals surface area contributed by atoms with Crippen molar-refractivity contribution >= 4 is 40.7 Å². The summed E-state index contributed by atoms with van der Waals surface area (Å²) in [6.07, 6.45) is 2.53. The van der Waals surface area contributed by atoms with Gasteiger partial charge in [0.05, 0.1) is 17.8 Å². The Morgan fingerprint density at radius 2 is 1.96 bits per heavy atom. The Kier molecular flexibility index (Phi) is 6.15. The van der Waals surface area contributed by atoms with Gasteiger partial charge < -0.3 is 15.4 Å². The number of hydrogen-bond donors (Lipinski definition) is 2. The van der Waals surface area contributed by atoms with Gasteiger partial charge in [-0.25, -0.2) is 4.98 Å². The lowest BCUT2D eigenvalue weighted by atomic mass is 10.1. The number of halogens is 2. The maximum atomic E-state index is 6.16. The number of anilines is 3. The van der Waals surface area contributed by atoms with E-state index in [1.165, 1.54) is 5.56 Å². The van der Waals surface area contributed by atoms with Gasteiger partial charge in [-0.15, -0.1) is 0 Å². The van der Waals surface area contributed by atoms with Gasteiger partial charge in [0.1, 0.15) is 11.6 Å². The molecule has 0 saturated heterocycles. The molecule has 0 fully saturated rings. The fraction of sp³-hybridized carbons (Fsp3) is 0.158. The van der Waals surface area contributed by atoms with E-state index in [4.69, 9.17) is 27.9 Å². The molecule has 0 aliphatic heterocycles. The molecule has 0 amide bonds. The van der Waals surface area contributed by atoms with Crippen molar-refractivity contribution in [3.63, 3.8) is 0 Å². The predicted octanol–water partition coefficient (Wildman–Crippen LogP) is 5.19. The van der Waals surface area contributed by atoms with Gasteiger partial charge in [-0.1, -0.05) is 35.3 Å². The van der Waals surface area contributed by atoms with Crippen molar-refractivity contribution in [1.29, 1.82) is 0 Å². The van der Waals surface area contributed by atoms with Gasteiger partial charge in [0.2, 0.25) is 5.95 Å². The molecule has 7 heteroatoms. The van der Waals surface area contributed by atoms with Gasteiger partial charge in [-0.2, -0.15) is 4.98 Å². The Labute approximate surface area is 162 Å². The van der Waals surface area contributed by atoms with Crippen molar-refractivity contribution in [2.45, 2.75) is 6.42 Å². The highest BCUT2D eigenvalue weighted by atomic mass is 35.5. The van der Waals surface area contributed by atoms with Crippen LogP contribution in [-0.2, 0) is 6.42 Å². The highest BCUT2D eigenvalue weighted by Crippen LogP contribution is 2.27. The quantitative estimate of drug-likeness (QED) is 0.582. The summed E-state index contributed by atoms with van der Waals surface area (Å²) in [4.78, 5) is 8.66. The SMILES string of the molecule is COc1cccc(CCNc2ccnc(Nc3cc(Cl)ccc3Cl)n2)c1. The number of benzene rings is 2. The summed E-state index contributed by atoms with van der Waals surface area (Å²) in [5, 5.41) is 7.51. The molecule has 26 heavy (non-hydrogen) atoms. The zero-order valence-corrected chi connectivity index (χ0v) is 15.7. The first-order chi connectivity index (χ1) is 12.6. The van der Waals surface area contributed by atoms with Crippen LogP contribution in [0.3, 0.4) is 0 Å². The Balaban J connectivity index is 1.61. The van der Waals surface area contributed by atoms with Crippen molar-refractivity contribution in [2.24, 2.45) is 0 Å². The summed E-state index contributed by atoms with van der Waals surface area (Å²) in [5.41, 5.74) is 1.85. The lowest BCUT2D eigenvalue weighted by Crippen LogP contribution is -2.08. The third-order valence-electron chi connectivity index (χ3n) is 3.68. The zero-order chi connectivity index (χ0) is 18.4. The molecule has 0 aliphatic rings. The van der Waals surface area contributed by atoms with Crippen LogP contribution in [0.5, 0.6) is 5.75 Å². The molecule has 0 saturated carbocycles. The van der Waals surface area contributed by atoms with Gasteiger partial charge >= 0.3 is 0 Å². The second-order valence-corrected chi connectivity index (χ2v) is 6.39. The molecule has 0 bridgehead atoms. The van der Waals surface area contributed by atoms with E-state index in [1.54, 1.807) is 31.5 Å². The van der Waals surface area contributed by atoms with Crippen LogP contribution in [0.15, 0.2) is 54.7 Å². The molecule has 2 aromatic carbocycles. The summed E-state index contributed by atoms with van der Waals surface area (Å²) in [7, 11) is 1.67. The van der Waals surface area contributed by atoms with Crippen LogP contribution in [0.2, 0.25) is 10.0 Å². The number of methoxy groups -OCH3 is 1. The number of nitrogens with one attached hydrogen (secondary N) is 2. The van der Waals surface area contributed by atoms with E-state index < -0.39 is 0 Å². The van der Waals surface area contributed by atoms with Gasteiger partial charge in [0.25, 0.3) is 0 Å². The van der Waals surface area contributed by atoms with Crippen molar-refractivity contribution in [3.8, 4) is 5.75 Å². The van der Waals surface area contributed by atoms with Gasteiger partial charge in [-0.3, -0.25) is 0 Å². The Morgan fingerprint density at radius 3 is 2.81 bits per heavy atom. The van der Waals surface area contributed by atoms with Gasteiger partial charge in [0.15, 0.2) is 0 Å². The lowest BCUT2D eigenvalue weighted by Gasteiger charge is -2.10. The first kappa shape index (κ1) is 18.3. The molecule has 5 nitrogen and oxygen atoms in total. The summed E-state index contributed by atoms with van der Waals surface area (Å²) in [5.74, 6) is 2.03. The summed E-state index contributed by atoms with van der Waals surface area (Å²) >= 11 is 12.2. The average molecular weight is 389 g/mol. The maximum absolute atomic E-state index is 6.16. The number of hydrogen-bond acceptors (Lipinski definition) is 5. The van der Waals surface area contributed by atoms with Crippen LogP contribution in [0.25, 0.3) is 0 Å². The molecule has 0 aliphatic carbocycles. The molecule has 0 atom stereocenters. The van der Waals surface area contributed by atoms with E-state index in [0.717, 1.165) is 24.5 Å². The molecular formula is C19H18Cl2N4O. The topological polar surface area (TPSA) is 59.1 Å². The molecular weight excluding hydrogens is 371 g/mol. The van der Waals surface area contributed by atoms with Crippen LogP contribution in [-0.4, -0.2) is 23.6 Å². The molecule has 1 heterocycles. The summed E-state index contributed by atoms with van der Waals surface area (Å²) in [6.45, 7) is 0.738. The molecule has 3 rings (SSSR count). The second kappa shape index (κ2) is 8.74. The number of ether oxygens (including phenoxy) is 1. The molecule has 2 N–H and O–H groups in total. The second-order valence-electron chi connectivity index (χ2n) is 5.54. The summed E-state index contributed by atoms with van der Waals surface area (Å²) in [6, 6.07) is 15.0. The third-order valence-corrected chi connectivity index (χ3v) is 4.25. The normalized spacial score (nSPS) is 10.4. The molecule has 0 unspecified atom stereocenters. The molecule has 0 radical (unpaired) electrons. The number of nitrogens with zero attached hydrogens (tertiary/aromatic N) is 2. The largest absolute Gasteiger partial charge is 0.497 e. The smallest absolute Gasteiger partial charge is 0.229 e. The predicted molar refractivity (Wildman–Crippen MR) is 107 cm³/mol. The van der Waals surface area contributed by atoms with Crippen molar-refractivity contribution < 1.29 is 4.74 Å².